The van der Waals surface area contributed by atoms with Crippen LogP contribution in [0.5, 0.6) is 17.2 Å². The molecule has 0 radical (unpaired) electrons. The van der Waals surface area contributed by atoms with Crippen molar-refractivity contribution in [3.63, 3.8) is 0 Å². The minimum absolute atomic E-state index is 0.100. The highest BCUT2D eigenvalue weighted by Crippen LogP contribution is 2.40. The lowest BCUT2D eigenvalue weighted by atomic mass is 10.0. The van der Waals surface area contributed by atoms with E-state index in [0.717, 1.165) is 36.3 Å². The second-order valence-corrected chi connectivity index (χ2v) is 10.4. The van der Waals surface area contributed by atoms with Gasteiger partial charge in [0, 0.05) is 38.7 Å². The van der Waals surface area contributed by atoms with Crippen molar-refractivity contribution >= 4 is 45.9 Å². The molecule has 0 saturated carbocycles. The van der Waals surface area contributed by atoms with Crippen LogP contribution in [0.1, 0.15) is 46.8 Å². The average Bonchev–Trinajstić information content (AvgIpc) is 3.34. The summed E-state index contributed by atoms with van der Waals surface area (Å²) in [4.78, 5) is 40.5. The monoisotopic (exact) mass is 599 g/mol. The number of fused-ring (bicyclic) bond motifs is 1. The van der Waals surface area contributed by atoms with Crippen LogP contribution in [0.2, 0.25) is 0 Å². The maximum Gasteiger partial charge on any atom is 0.350 e. The number of methoxy groups -OCH3 is 3. The number of carbonyl (C=O) groups is 2. The van der Waals surface area contributed by atoms with Crippen molar-refractivity contribution < 1.29 is 28.5 Å². The number of carbonyl (C=O) groups excluding carboxylic acids is 2. The number of hydrogen-bond donors (Lipinski definition) is 3. The zero-order chi connectivity index (χ0) is 30.2. The number of esters is 1. The van der Waals surface area contributed by atoms with Crippen LogP contribution in [-0.2, 0) is 22.5 Å². The van der Waals surface area contributed by atoms with E-state index in [1.807, 2.05) is 12.1 Å². The molecule has 0 bridgehead atoms. The quantitative estimate of drug-likeness (QED) is 0.194. The van der Waals surface area contributed by atoms with E-state index in [2.05, 4.69) is 25.8 Å². The maximum atomic E-state index is 12.3. The predicted octanol–water partition coefficient (Wildman–Crippen LogP) is 3.69. The van der Waals surface area contributed by atoms with Crippen LogP contribution in [0, 0.1) is 6.92 Å². The molecule has 0 aliphatic carbocycles. The van der Waals surface area contributed by atoms with Crippen LogP contribution < -0.4 is 35.1 Å². The van der Waals surface area contributed by atoms with Gasteiger partial charge in [0.25, 0.3) is 0 Å². The van der Waals surface area contributed by atoms with Crippen molar-refractivity contribution in [3.8, 4) is 17.2 Å². The Hall–Kier alpha value is -4.33. The van der Waals surface area contributed by atoms with Gasteiger partial charge in [0.05, 0.1) is 33.6 Å². The van der Waals surface area contributed by atoms with Crippen LogP contribution in [0.4, 0.5) is 22.7 Å². The van der Waals surface area contributed by atoms with Crippen LogP contribution in [0.25, 0.3) is 0 Å². The van der Waals surface area contributed by atoms with E-state index in [0.29, 0.717) is 64.4 Å². The van der Waals surface area contributed by atoms with Gasteiger partial charge in [-0.15, -0.1) is 0 Å². The summed E-state index contributed by atoms with van der Waals surface area (Å²) < 4.78 is 21.8. The van der Waals surface area contributed by atoms with Crippen LogP contribution in [0.3, 0.4) is 0 Å². The Morgan fingerprint density at radius 3 is 2.43 bits per heavy atom. The molecule has 0 unspecified atom stereocenters. The summed E-state index contributed by atoms with van der Waals surface area (Å²) in [6, 6.07) is 3.86. The first kappa shape index (κ1) is 30.6. The number of nitrogens with zero attached hydrogens (tertiary/aromatic N) is 4. The zero-order valence-electron chi connectivity index (χ0n) is 24.8. The molecule has 1 amide bonds. The number of rotatable bonds is 13. The van der Waals surface area contributed by atoms with Gasteiger partial charge in [-0.05, 0) is 44.4 Å². The molecule has 0 spiro atoms. The molecule has 3 heterocycles. The molecule has 3 N–H and O–H groups in total. The minimum Gasteiger partial charge on any atom is -0.493 e. The normalized spacial score (nSPS) is 12.3. The maximum absolute atomic E-state index is 12.3. The highest BCUT2D eigenvalue weighted by atomic mass is 32.1. The summed E-state index contributed by atoms with van der Waals surface area (Å²) in [7, 11) is 4.76. The number of anilines is 4. The standard InChI is InChI=1S/C28H37N7O6S/c1-7-41-26(37)23-16(2)31-28(42-23)34-27-32-24(30-11-10-29-17(3)36)19-9-8-12-35(25(19)33-27)15-18-13-20(38-4)22(40-6)21(14-18)39-5/h13-14H,7-12,15H2,1-6H3,(H,29,36)(H2,30,31,32,33,34). The first-order valence-electron chi connectivity index (χ1n) is 13.6. The number of thiazole rings is 1. The third kappa shape index (κ3) is 7.11. The molecule has 0 atom stereocenters. The SMILES string of the molecule is CCOC(=O)c1sc(Nc2nc(NCCNC(C)=O)c3c(n2)N(Cc2cc(OC)c(OC)c(OC)c2)CCC3)nc1C. The summed E-state index contributed by atoms with van der Waals surface area (Å²) in [6.45, 7) is 7.52. The van der Waals surface area contributed by atoms with Gasteiger partial charge in [0.1, 0.15) is 16.5 Å². The lowest BCUT2D eigenvalue weighted by molar-refractivity contribution is -0.118. The molecular weight excluding hydrogens is 562 g/mol. The van der Waals surface area contributed by atoms with E-state index in [1.165, 1.54) is 18.3 Å². The van der Waals surface area contributed by atoms with Gasteiger partial charge in [-0.3, -0.25) is 10.1 Å². The summed E-state index contributed by atoms with van der Waals surface area (Å²) in [5.74, 6) is 2.94. The summed E-state index contributed by atoms with van der Waals surface area (Å²) >= 11 is 1.19. The lowest BCUT2D eigenvalue weighted by Crippen LogP contribution is -2.32. The van der Waals surface area contributed by atoms with Gasteiger partial charge in [-0.1, -0.05) is 11.3 Å². The first-order valence-corrected chi connectivity index (χ1v) is 14.4. The number of aromatic nitrogens is 3. The number of aryl methyl sites for hydroxylation is 1. The van der Waals surface area contributed by atoms with Gasteiger partial charge in [0.15, 0.2) is 16.6 Å². The number of amides is 1. The van der Waals surface area contributed by atoms with Gasteiger partial charge >= 0.3 is 5.97 Å². The fourth-order valence-electron chi connectivity index (χ4n) is 4.67. The van der Waals surface area contributed by atoms with Gasteiger partial charge in [-0.2, -0.15) is 9.97 Å². The molecule has 4 rings (SSSR count). The summed E-state index contributed by atoms with van der Waals surface area (Å²) in [5, 5.41) is 9.82. The largest absolute Gasteiger partial charge is 0.493 e. The van der Waals surface area contributed by atoms with Gasteiger partial charge < -0.3 is 34.5 Å². The molecule has 14 heteroatoms. The Morgan fingerprint density at radius 1 is 1.05 bits per heavy atom. The third-order valence-corrected chi connectivity index (χ3v) is 7.56. The number of hydrogen-bond acceptors (Lipinski definition) is 13. The van der Waals surface area contributed by atoms with E-state index in [1.54, 1.807) is 35.2 Å². The highest BCUT2D eigenvalue weighted by Gasteiger charge is 2.26. The van der Waals surface area contributed by atoms with Crippen LogP contribution in [0.15, 0.2) is 12.1 Å². The number of nitrogens with one attached hydrogen (secondary N) is 3. The molecule has 226 valence electrons. The van der Waals surface area contributed by atoms with E-state index >= 15 is 0 Å². The second kappa shape index (κ2) is 14.0. The molecule has 3 aromatic rings. The lowest BCUT2D eigenvalue weighted by Gasteiger charge is -2.32. The summed E-state index contributed by atoms with van der Waals surface area (Å²) in [5.41, 5.74) is 2.50. The average molecular weight is 600 g/mol. The number of benzene rings is 1. The van der Waals surface area contributed by atoms with Crippen molar-refractivity contribution in [1.82, 2.24) is 20.3 Å². The molecule has 2 aromatic heterocycles. The summed E-state index contributed by atoms with van der Waals surface area (Å²) in [6.07, 6.45) is 1.69. The Bertz CT molecular complexity index is 1400. The Labute approximate surface area is 248 Å². The topological polar surface area (TPSA) is 149 Å². The molecule has 1 aromatic carbocycles. The Kier molecular flexibility index (Phi) is 10.2. The van der Waals surface area contributed by atoms with E-state index in [9.17, 15) is 9.59 Å². The molecular formula is C28H37N7O6S. The van der Waals surface area contributed by atoms with Crippen LogP contribution >= 0.6 is 11.3 Å². The minimum atomic E-state index is -0.413. The van der Waals surface area contributed by atoms with E-state index < -0.39 is 5.97 Å². The molecule has 1 aliphatic rings. The fourth-order valence-corrected chi connectivity index (χ4v) is 5.52. The van der Waals surface area contributed by atoms with Crippen molar-refractivity contribution in [2.45, 2.75) is 40.2 Å². The number of ether oxygens (including phenoxy) is 4. The molecule has 1 aliphatic heterocycles. The van der Waals surface area contributed by atoms with E-state index in [4.69, 9.17) is 28.9 Å². The highest BCUT2D eigenvalue weighted by molar-refractivity contribution is 7.17. The van der Waals surface area contributed by atoms with Crippen molar-refractivity contribution in [2.24, 2.45) is 0 Å². The predicted molar refractivity (Wildman–Crippen MR) is 161 cm³/mol. The van der Waals surface area contributed by atoms with Crippen molar-refractivity contribution in [3.05, 3.63) is 33.8 Å². The van der Waals surface area contributed by atoms with Gasteiger partial charge in [-0.25, -0.2) is 9.78 Å². The molecule has 13 nitrogen and oxygen atoms in total. The Balaban J connectivity index is 1.68. The zero-order valence-corrected chi connectivity index (χ0v) is 25.6. The van der Waals surface area contributed by atoms with Crippen molar-refractivity contribution in [2.75, 3.05) is 63.1 Å². The molecule has 42 heavy (non-hydrogen) atoms. The third-order valence-electron chi connectivity index (χ3n) is 6.51. The van der Waals surface area contributed by atoms with Crippen molar-refractivity contribution in [1.29, 1.82) is 0 Å². The smallest absolute Gasteiger partial charge is 0.350 e. The molecule has 0 fully saturated rings. The first-order chi connectivity index (χ1) is 20.3. The van der Waals surface area contributed by atoms with E-state index in [-0.39, 0.29) is 12.5 Å². The van der Waals surface area contributed by atoms with Gasteiger partial charge in [0.2, 0.25) is 17.6 Å². The molecule has 0 saturated heterocycles. The van der Waals surface area contributed by atoms with Crippen LogP contribution in [-0.4, -0.2) is 74.4 Å². The fraction of sp³-hybridized carbons (Fsp3) is 0.464. The Morgan fingerprint density at radius 2 is 1.79 bits per heavy atom. The second-order valence-electron chi connectivity index (χ2n) is 9.45.